The Bertz CT molecular complexity index is 584. The van der Waals surface area contributed by atoms with Crippen molar-refractivity contribution in [2.75, 3.05) is 5.32 Å². The number of rotatable bonds is 4. The first kappa shape index (κ1) is 12.3. The molecule has 5 nitrogen and oxygen atoms in total. The molecule has 6 heteroatoms. The highest BCUT2D eigenvalue weighted by Crippen LogP contribution is 2.25. The monoisotopic (exact) mass is 320 g/mol. The second kappa shape index (κ2) is 5.13. The SMILES string of the molecule is Cc1cc(Nc2cnc(OC3CC3)nc2)ncc1Br. The van der Waals surface area contributed by atoms with Gasteiger partial charge in [0.2, 0.25) is 0 Å². The smallest absolute Gasteiger partial charge is 0.316 e. The van der Waals surface area contributed by atoms with Gasteiger partial charge >= 0.3 is 6.01 Å². The predicted molar refractivity (Wildman–Crippen MR) is 75.6 cm³/mol. The first-order valence-electron chi connectivity index (χ1n) is 6.08. The van der Waals surface area contributed by atoms with Crippen LogP contribution in [0.4, 0.5) is 11.5 Å². The molecule has 0 saturated heterocycles. The van der Waals surface area contributed by atoms with Crippen LogP contribution < -0.4 is 10.1 Å². The van der Waals surface area contributed by atoms with Gasteiger partial charge in [-0.1, -0.05) is 0 Å². The third-order valence-corrected chi connectivity index (χ3v) is 3.57. The first-order valence-corrected chi connectivity index (χ1v) is 6.88. The van der Waals surface area contributed by atoms with E-state index in [1.54, 1.807) is 18.6 Å². The molecule has 1 aliphatic carbocycles. The average Bonchev–Trinajstić information content (AvgIpc) is 3.20. The van der Waals surface area contributed by atoms with Crippen molar-refractivity contribution in [1.82, 2.24) is 15.0 Å². The van der Waals surface area contributed by atoms with Gasteiger partial charge in [-0.15, -0.1) is 0 Å². The number of nitrogens with zero attached hydrogens (tertiary/aromatic N) is 3. The zero-order valence-corrected chi connectivity index (χ0v) is 12.0. The Hall–Kier alpha value is -1.69. The van der Waals surface area contributed by atoms with E-state index in [9.17, 15) is 0 Å². The van der Waals surface area contributed by atoms with Gasteiger partial charge in [-0.3, -0.25) is 0 Å². The molecule has 0 radical (unpaired) electrons. The summed E-state index contributed by atoms with van der Waals surface area (Å²) in [7, 11) is 0. The summed E-state index contributed by atoms with van der Waals surface area (Å²) in [5.41, 5.74) is 1.91. The molecule has 0 unspecified atom stereocenters. The Balaban J connectivity index is 1.69. The molecule has 0 aromatic carbocycles. The fourth-order valence-corrected chi connectivity index (χ4v) is 1.75. The Morgan fingerprint density at radius 1 is 1.21 bits per heavy atom. The van der Waals surface area contributed by atoms with Crippen molar-refractivity contribution < 1.29 is 4.74 Å². The molecule has 0 bridgehead atoms. The molecule has 0 aliphatic heterocycles. The van der Waals surface area contributed by atoms with E-state index in [4.69, 9.17) is 4.74 Å². The Labute approximate surface area is 119 Å². The maximum Gasteiger partial charge on any atom is 0.316 e. The Morgan fingerprint density at radius 3 is 2.58 bits per heavy atom. The van der Waals surface area contributed by atoms with Gasteiger partial charge in [0, 0.05) is 10.7 Å². The molecule has 2 heterocycles. The summed E-state index contributed by atoms with van der Waals surface area (Å²) in [5, 5.41) is 3.16. The number of ether oxygens (including phenoxy) is 1. The minimum Gasteiger partial charge on any atom is -0.460 e. The number of hydrogen-bond acceptors (Lipinski definition) is 5. The van der Waals surface area contributed by atoms with Crippen molar-refractivity contribution in [1.29, 1.82) is 0 Å². The van der Waals surface area contributed by atoms with Crippen molar-refractivity contribution in [3.8, 4) is 6.01 Å². The van der Waals surface area contributed by atoms with E-state index < -0.39 is 0 Å². The Kier molecular flexibility index (Phi) is 3.33. The van der Waals surface area contributed by atoms with E-state index >= 15 is 0 Å². The van der Waals surface area contributed by atoms with Crippen LogP contribution >= 0.6 is 15.9 Å². The molecule has 1 N–H and O–H groups in total. The van der Waals surface area contributed by atoms with E-state index in [-0.39, 0.29) is 0 Å². The summed E-state index contributed by atoms with van der Waals surface area (Å²) in [5.74, 6) is 0.764. The lowest BCUT2D eigenvalue weighted by atomic mass is 10.3. The highest BCUT2D eigenvalue weighted by molar-refractivity contribution is 9.10. The van der Waals surface area contributed by atoms with Crippen LogP contribution in [0.25, 0.3) is 0 Å². The largest absolute Gasteiger partial charge is 0.460 e. The minimum atomic E-state index is 0.314. The van der Waals surface area contributed by atoms with Gasteiger partial charge in [0.15, 0.2) is 0 Å². The summed E-state index contributed by atoms with van der Waals surface area (Å²) < 4.78 is 6.48. The number of aromatic nitrogens is 3. The molecule has 19 heavy (non-hydrogen) atoms. The summed E-state index contributed by atoms with van der Waals surface area (Å²) in [4.78, 5) is 12.6. The third kappa shape index (κ3) is 3.20. The van der Waals surface area contributed by atoms with Crippen molar-refractivity contribution in [2.45, 2.75) is 25.9 Å². The molecule has 1 aliphatic rings. The summed E-state index contributed by atoms with van der Waals surface area (Å²) in [6.07, 6.45) is 7.68. The molecule has 2 aromatic heterocycles. The van der Waals surface area contributed by atoms with Crippen LogP contribution in [-0.2, 0) is 0 Å². The van der Waals surface area contributed by atoms with Gasteiger partial charge in [0.1, 0.15) is 11.9 Å². The van der Waals surface area contributed by atoms with Crippen LogP contribution in [0.5, 0.6) is 6.01 Å². The molecular formula is C13H13BrN4O. The standard InChI is InChI=1S/C13H13BrN4O/c1-8-4-12(15-7-11(8)14)18-9-5-16-13(17-6-9)19-10-2-3-10/h4-7,10H,2-3H2,1H3,(H,15,18). The first-order chi connectivity index (χ1) is 9.20. The van der Waals surface area contributed by atoms with Crippen LogP contribution in [0, 0.1) is 6.92 Å². The van der Waals surface area contributed by atoms with E-state index in [0.29, 0.717) is 12.1 Å². The van der Waals surface area contributed by atoms with Crippen molar-refractivity contribution in [2.24, 2.45) is 0 Å². The third-order valence-electron chi connectivity index (χ3n) is 2.74. The van der Waals surface area contributed by atoms with E-state index in [1.807, 2.05) is 13.0 Å². The topological polar surface area (TPSA) is 59.9 Å². The van der Waals surface area contributed by atoms with Crippen LogP contribution in [0.2, 0.25) is 0 Å². The molecule has 1 saturated carbocycles. The van der Waals surface area contributed by atoms with E-state index in [0.717, 1.165) is 34.4 Å². The highest BCUT2D eigenvalue weighted by Gasteiger charge is 2.24. The highest BCUT2D eigenvalue weighted by atomic mass is 79.9. The van der Waals surface area contributed by atoms with Gasteiger partial charge in [-0.05, 0) is 47.3 Å². The maximum atomic E-state index is 5.49. The number of anilines is 2. The fourth-order valence-electron chi connectivity index (χ4n) is 1.53. The number of hydrogen-bond donors (Lipinski definition) is 1. The maximum absolute atomic E-state index is 5.49. The molecule has 2 aromatic rings. The quantitative estimate of drug-likeness (QED) is 0.937. The number of pyridine rings is 1. The summed E-state index contributed by atoms with van der Waals surface area (Å²) in [6, 6.07) is 2.39. The lowest BCUT2D eigenvalue weighted by Gasteiger charge is -2.07. The predicted octanol–water partition coefficient (Wildman–Crippen LogP) is 3.23. The molecule has 0 spiro atoms. The van der Waals surface area contributed by atoms with Gasteiger partial charge in [-0.2, -0.15) is 0 Å². The summed E-state index contributed by atoms with van der Waals surface area (Å²) in [6.45, 7) is 2.01. The van der Waals surface area contributed by atoms with Gasteiger partial charge < -0.3 is 10.1 Å². The molecular weight excluding hydrogens is 308 g/mol. The van der Waals surface area contributed by atoms with Gasteiger partial charge in [0.05, 0.1) is 18.1 Å². The minimum absolute atomic E-state index is 0.314. The lowest BCUT2D eigenvalue weighted by Crippen LogP contribution is -2.01. The number of nitrogens with one attached hydrogen (secondary N) is 1. The average molecular weight is 321 g/mol. The molecule has 3 rings (SSSR count). The van der Waals surface area contributed by atoms with E-state index in [2.05, 4.69) is 36.2 Å². The second-order valence-electron chi connectivity index (χ2n) is 4.52. The van der Waals surface area contributed by atoms with Crippen LogP contribution in [0.3, 0.4) is 0 Å². The second-order valence-corrected chi connectivity index (χ2v) is 5.37. The Morgan fingerprint density at radius 2 is 1.95 bits per heavy atom. The van der Waals surface area contributed by atoms with Crippen molar-refractivity contribution in [3.63, 3.8) is 0 Å². The fraction of sp³-hybridized carbons (Fsp3) is 0.308. The van der Waals surface area contributed by atoms with Crippen LogP contribution in [0.1, 0.15) is 18.4 Å². The molecule has 1 fully saturated rings. The van der Waals surface area contributed by atoms with E-state index in [1.165, 1.54) is 0 Å². The van der Waals surface area contributed by atoms with Gasteiger partial charge in [0.25, 0.3) is 0 Å². The zero-order chi connectivity index (χ0) is 13.2. The van der Waals surface area contributed by atoms with Crippen LogP contribution in [-0.4, -0.2) is 21.1 Å². The van der Waals surface area contributed by atoms with Gasteiger partial charge in [-0.25, -0.2) is 15.0 Å². The number of halogens is 1. The molecule has 0 amide bonds. The molecule has 98 valence electrons. The normalized spacial score (nSPS) is 14.2. The lowest BCUT2D eigenvalue weighted by molar-refractivity contribution is 0.278. The van der Waals surface area contributed by atoms with Crippen molar-refractivity contribution in [3.05, 3.63) is 34.7 Å². The molecule has 0 atom stereocenters. The zero-order valence-electron chi connectivity index (χ0n) is 10.4. The summed E-state index contributed by atoms with van der Waals surface area (Å²) >= 11 is 3.42. The number of aryl methyl sites for hydroxylation is 1. The van der Waals surface area contributed by atoms with Crippen molar-refractivity contribution >= 4 is 27.4 Å². The van der Waals surface area contributed by atoms with Crippen LogP contribution in [0.15, 0.2) is 29.1 Å².